The number of likely N-dealkylation sites (N-methyl/N-ethyl adjacent to an activating group) is 1. The number of amides is 1. The Morgan fingerprint density at radius 3 is 2.67 bits per heavy atom. The molecule has 0 aliphatic rings. The smallest absolute Gasteiger partial charge is 0.254 e. The van der Waals surface area contributed by atoms with E-state index in [0.29, 0.717) is 6.54 Å². The first-order valence-corrected chi connectivity index (χ1v) is 5.57. The van der Waals surface area contributed by atoms with Crippen molar-refractivity contribution in [2.75, 3.05) is 7.05 Å². The standard InChI is InChI=1S/C10H16N2O2S/c1-7-8(15-6-11-7)5-12(4)9(13)10(2,3)14/h6,14H,5H2,1-4H3. The normalized spacial score (nSPS) is 11.5. The van der Waals surface area contributed by atoms with Crippen molar-refractivity contribution in [1.29, 1.82) is 0 Å². The van der Waals surface area contributed by atoms with Crippen LogP contribution in [0.1, 0.15) is 24.4 Å². The van der Waals surface area contributed by atoms with E-state index < -0.39 is 5.60 Å². The highest BCUT2D eigenvalue weighted by Crippen LogP contribution is 2.16. The second-order valence-corrected chi connectivity index (χ2v) is 5.02. The molecule has 0 unspecified atom stereocenters. The highest BCUT2D eigenvalue weighted by molar-refractivity contribution is 7.09. The molecule has 1 aromatic heterocycles. The van der Waals surface area contributed by atoms with Crippen LogP contribution in [-0.2, 0) is 11.3 Å². The van der Waals surface area contributed by atoms with Crippen LogP contribution in [0.4, 0.5) is 0 Å². The molecule has 0 radical (unpaired) electrons. The van der Waals surface area contributed by atoms with Gasteiger partial charge in [-0.15, -0.1) is 11.3 Å². The highest BCUT2D eigenvalue weighted by atomic mass is 32.1. The third-order valence-electron chi connectivity index (χ3n) is 2.10. The van der Waals surface area contributed by atoms with Crippen LogP contribution in [0.5, 0.6) is 0 Å². The Bertz CT molecular complexity index is 355. The molecule has 0 aliphatic heterocycles. The molecular formula is C10H16N2O2S. The van der Waals surface area contributed by atoms with Gasteiger partial charge in [0.2, 0.25) is 0 Å². The number of aliphatic hydroxyl groups is 1. The predicted molar refractivity (Wildman–Crippen MR) is 59.6 cm³/mol. The van der Waals surface area contributed by atoms with Crippen molar-refractivity contribution in [3.63, 3.8) is 0 Å². The summed E-state index contributed by atoms with van der Waals surface area (Å²) < 4.78 is 0. The molecule has 1 heterocycles. The lowest BCUT2D eigenvalue weighted by molar-refractivity contribution is -0.146. The Hall–Kier alpha value is -0.940. The number of hydrogen-bond acceptors (Lipinski definition) is 4. The number of aromatic nitrogens is 1. The summed E-state index contributed by atoms with van der Waals surface area (Å²) in [5.41, 5.74) is 1.39. The van der Waals surface area contributed by atoms with E-state index in [0.717, 1.165) is 10.6 Å². The van der Waals surface area contributed by atoms with Crippen LogP contribution in [0, 0.1) is 6.92 Å². The van der Waals surface area contributed by atoms with Crippen LogP contribution in [-0.4, -0.2) is 33.5 Å². The number of carbonyl (C=O) groups excluding carboxylic acids is 1. The Morgan fingerprint density at radius 2 is 2.27 bits per heavy atom. The molecule has 0 atom stereocenters. The zero-order chi connectivity index (χ0) is 11.6. The van der Waals surface area contributed by atoms with Crippen LogP contribution < -0.4 is 0 Å². The van der Waals surface area contributed by atoms with Gasteiger partial charge in [0.25, 0.3) is 5.91 Å². The first kappa shape index (κ1) is 12.1. The van der Waals surface area contributed by atoms with Crippen molar-refractivity contribution in [2.45, 2.75) is 32.9 Å². The molecule has 0 aliphatic carbocycles. The van der Waals surface area contributed by atoms with E-state index in [2.05, 4.69) is 4.98 Å². The summed E-state index contributed by atoms with van der Waals surface area (Å²) in [6, 6.07) is 0. The number of thiazole rings is 1. The van der Waals surface area contributed by atoms with Crippen molar-refractivity contribution >= 4 is 17.2 Å². The van der Waals surface area contributed by atoms with Crippen molar-refractivity contribution in [2.24, 2.45) is 0 Å². The van der Waals surface area contributed by atoms with Gasteiger partial charge in [-0.3, -0.25) is 4.79 Å². The van der Waals surface area contributed by atoms with E-state index in [-0.39, 0.29) is 5.91 Å². The Balaban J connectivity index is 2.68. The summed E-state index contributed by atoms with van der Waals surface area (Å²) in [6.45, 7) is 5.39. The average Bonchev–Trinajstić information content (AvgIpc) is 2.49. The maximum atomic E-state index is 11.7. The fourth-order valence-electron chi connectivity index (χ4n) is 1.23. The summed E-state index contributed by atoms with van der Waals surface area (Å²) >= 11 is 1.52. The Kier molecular flexibility index (Phi) is 3.46. The Morgan fingerprint density at radius 1 is 1.67 bits per heavy atom. The van der Waals surface area contributed by atoms with E-state index in [1.165, 1.54) is 30.1 Å². The van der Waals surface area contributed by atoms with Gasteiger partial charge in [0.1, 0.15) is 5.60 Å². The predicted octanol–water partition coefficient (Wildman–Crippen LogP) is 1.18. The highest BCUT2D eigenvalue weighted by Gasteiger charge is 2.27. The molecule has 0 fully saturated rings. The van der Waals surface area contributed by atoms with E-state index in [1.54, 1.807) is 12.6 Å². The van der Waals surface area contributed by atoms with Gasteiger partial charge < -0.3 is 10.0 Å². The van der Waals surface area contributed by atoms with Crippen molar-refractivity contribution in [1.82, 2.24) is 9.88 Å². The number of rotatable bonds is 3. The van der Waals surface area contributed by atoms with Crippen LogP contribution in [0.3, 0.4) is 0 Å². The van der Waals surface area contributed by atoms with Crippen LogP contribution >= 0.6 is 11.3 Å². The van der Waals surface area contributed by atoms with Crippen molar-refractivity contribution < 1.29 is 9.90 Å². The average molecular weight is 228 g/mol. The first-order valence-electron chi connectivity index (χ1n) is 4.69. The first-order chi connectivity index (χ1) is 6.82. The minimum atomic E-state index is -1.31. The van der Waals surface area contributed by atoms with Crippen molar-refractivity contribution in [3.8, 4) is 0 Å². The molecule has 15 heavy (non-hydrogen) atoms. The third kappa shape index (κ3) is 3.00. The quantitative estimate of drug-likeness (QED) is 0.845. The van der Waals surface area contributed by atoms with E-state index in [9.17, 15) is 9.90 Å². The molecule has 0 saturated carbocycles. The SMILES string of the molecule is Cc1ncsc1CN(C)C(=O)C(C)(C)O. The molecular weight excluding hydrogens is 212 g/mol. The minimum absolute atomic E-state index is 0.282. The number of nitrogens with zero attached hydrogens (tertiary/aromatic N) is 2. The largest absolute Gasteiger partial charge is 0.381 e. The molecule has 0 saturated heterocycles. The maximum absolute atomic E-state index is 11.7. The summed E-state index contributed by atoms with van der Waals surface area (Å²) in [4.78, 5) is 18.3. The van der Waals surface area contributed by atoms with Crippen LogP contribution in [0.25, 0.3) is 0 Å². The zero-order valence-electron chi connectivity index (χ0n) is 9.44. The van der Waals surface area contributed by atoms with E-state index in [1.807, 2.05) is 6.92 Å². The molecule has 0 spiro atoms. The van der Waals surface area contributed by atoms with Gasteiger partial charge in [-0.2, -0.15) is 0 Å². The van der Waals surface area contributed by atoms with Gasteiger partial charge >= 0.3 is 0 Å². The van der Waals surface area contributed by atoms with Gasteiger partial charge in [-0.05, 0) is 20.8 Å². The molecule has 4 nitrogen and oxygen atoms in total. The minimum Gasteiger partial charge on any atom is -0.381 e. The number of aryl methyl sites for hydroxylation is 1. The molecule has 5 heteroatoms. The molecule has 1 N–H and O–H groups in total. The van der Waals surface area contributed by atoms with Crippen LogP contribution in [0.2, 0.25) is 0 Å². The van der Waals surface area contributed by atoms with Gasteiger partial charge in [0.05, 0.1) is 17.7 Å². The van der Waals surface area contributed by atoms with E-state index >= 15 is 0 Å². The fourth-order valence-corrected chi connectivity index (χ4v) is 2.06. The lowest BCUT2D eigenvalue weighted by atomic mass is 10.1. The number of carbonyl (C=O) groups is 1. The second kappa shape index (κ2) is 4.28. The van der Waals surface area contributed by atoms with Gasteiger partial charge in [0, 0.05) is 11.9 Å². The van der Waals surface area contributed by atoms with Gasteiger partial charge in [-0.1, -0.05) is 0 Å². The molecule has 84 valence electrons. The molecule has 0 bridgehead atoms. The molecule has 0 aromatic carbocycles. The Labute approximate surface area is 93.6 Å². The summed E-state index contributed by atoms with van der Waals surface area (Å²) in [6.07, 6.45) is 0. The second-order valence-electron chi connectivity index (χ2n) is 4.08. The molecule has 1 rings (SSSR count). The van der Waals surface area contributed by atoms with Crippen molar-refractivity contribution in [3.05, 3.63) is 16.1 Å². The lowest BCUT2D eigenvalue weighted by Crippen LogP contribution is -2.42. The maximum Gasteiger partial charge on any atom is 0.254 e. The van der Waals surface area contributed by atoms with Gasteiger partial charge in [-0.25, -0.2) is 4.98 Å². The topological polar surface area (TPSA) is 53.4 Å². The molecule has 1 amide bonds. The third-order valence-corrected chi connectivity index (χ3v) is 3.02. The van der Waals surface area contributed by atoms with Crippen LogP contribution in [0.15, 0.2) is 5.51 Å². The summed E-state index contributed by atoms with van der Waals surface area (Å²) in [5.74, 6) is -0.282. The fraction of sp³-hybridized carbons (Fsp3) is 0.600. The monoisotopic (exact) mass is 228 g/mol. The lowest BCUT2D eigenvalue weighted by Gasteiger charge is -2.24. The zero-order valence-corrected chi connectivity index (χ0v) is 10.3. The van der Waals surface area contributed by atoms with E-state index in [4.69, 9.17) is 0 Å². The molecule has 1 aromatic rings. The number of hydrogen-bond donors (Lipinski definition) is 1. The van der Waals surface area contributed by atoms with Gasteiger partial charge in [0.15, 0.2) is 0 Å². The summed E-state index contributed by atoms with van der Waals surface area (Å²) in [7, 11) is 1.68. The summed E-state index contributed by atoms with van der Waals surface area (Å²) in [5, 5.41) is 9.55.